The zero-order valence-electron chi connectivity index (χ0n) is 7.18. The lowest BCUT2D eigenvalue weighted by molar-refractivity contribution is 0.937. The van der Waals surface area contributed by atoms with Crippen LogP contribution < -0.4 is 0 Å². The van der Waals surface area contributed by atoms with Gasteiger partial charge in [-0.3, -0.25) is 0 Å². The molecule has 0 radical (unpaired) electrons. The second kappa shape index (κ2) is 4.27. The molecule has 12 heavy (non-hydrogen) atoms. The topological polar surface area (TPSA) is 12.9 Å². The number of hydrogen-bond donors (Lipinski definition) is 0. The molecule has 0 aliphatic rings. The van der Waals surface area contributed by atoms with E-state index in [0.717, 1.165) is 12.8 Å². The van der Waals surface area contributed by atoms with E-state index in [-0.39, 0.29) is 0 Å². The van der Waals surface area contributed by atoms with E-state index in [4.69, 9.17) is 11.6 Å². The lowest BCUT2D eigenvalue weighted by Crippen LogP contribution is -1.86. The van der Waals surface area contributed by atoms with E-state index in [2.05, 4.69) is 11.6 Å². The maximum Gasteiger partial charge on any atom is 0.129 e. The molecular formula is C10H12ClN. The van der Waals surface area contributed by atoms with Crippen LogP contribution in [0, 0.1) is 0 Å². The molecule has 0 fully saturated rings. The Hall–Kier alpha value is -0.820. The second-order valence-electron chi connectivity index (χ2n) is 2.95. The highest BCUT2D eigenvalue weighted by molar-refractivity contribution is 6.29. The number of rotatable bonds is 3. The van der Waals surface area contributed by atoms with Gasteiger partial charge < -0.3 is 0 Å². The number of nitrogens with zero attached hydrogens (tertiary/aromatic N) is 1. The fourth-order valence-corrected chi connectivity index (χ4v) is 1.02. The van der Waals surface area contributed by atoms with Crippen molar-refractivity contribution in [2.45, 2.75) is 19.8 Å². The highest BCUT2D eigenvalue weighted by atomic mass is 35.5. The minimum absolute atomic E-state index is 0.550. The third kappa shape index (κ3) is 3.05. The van der Waals surface area contributed by atoms with Gasteiger partial charge in [-0.1, -0.05) is 23.2 Å². The van der Waals surface area contributed by atoms with Gasteiger partial charge in [0.1, 0.15) is 5.15 Å². The number of hydrogen-bond acceptors (Lipinski definition) is 1. The van der Waals surface area contributed by atoms with Gasteiger partial charge in [0.25, 0.3) is 0 Å². The monoisotopic (exact) mass is 181 g/mol. The molecule has 1 aromatic heterocycles. The van der Waals surface area contributed by atoms with Gasteiger partial charge in [-0.25, -0.2) is 4.98 Å². The molecule has 0 atom stereocenters. The number of allylic oxidation sites excluding steroid dienone is 1. The first-order valence-electron chi connectivity index (χ1n) is 3.93. The summed E-state index contributed by atoms with van der Waals surface area (Å²) in [5, 5.41) is 0.550. The quantitative estimate of drug-likeness (QED) is 0.516. The van der Waals surface area contributed by atoms with Crippen molar-refractivity contribution in [2.75, 3.05) is 0 Å². The number of halogens is 1. The third-order valence-corrected chi connectivity index (χ3v) is 1.85. The minimum Gasteiger partial charge on any atom is -0.244 e. The van der Waals surface area contributed by atoms with E-state index in [1.54, 1.807) is 0 Å². The fourth-order valence-electron chi connectivity index (χ4n) is 0.912. The SMILES string of the molecule is C=C(C)CCc1ccc(Cl)nc1. The van der Waals surface area contributed by atoms with Crippen molar-refractivity contribution < 1.29 is 0 Å². The van der Waals surface area contributed by atoms with Crippen LogP contribution in [0.1, 0.15) is 18.9 Å². The average molecular weight is 182 g/mol. The Kier molecular flexibility index (Phi) is 3.30. The molecule has 0 aliphatic carbocycles. The zero-order chi connectivity index (χ0) is 8.97. The first kappa shape index (κ1) is 9.27. The molecule has 2 heteroatoms. The molecule has 0 saturated carbocycles. The summed E-state index contributed by atoms with van der Waals surface area (Å²) < 4.78 is 0. The molecule has 1 rings (SSSR count). The van der Waals surface area contributed by atoms with Crippen LogP contribution in [0.5, 0.6) is 0 Å². The van der Waals surface area contributed by atoms with Crippen LogP contribution in [0.3, 0.4) is 0 Å². The predicted molar refractivity (Wildman–Crippen MR) is 52.4 cm³/mol. The minimum atomic E-state index is 0.550. The first-order chi connectivity index (χ1) is 5.68. The van der Waals surface area contributed by atoms with Gasteiger partial charge in [-0.15, -0.1) is 6.58 Å². The van der Waals surface area contributed by atoms with Crippen molar-refractivity contribution in [1.82, 2.24) is 4.98 Å². The molecule has 1 heterocycles. The summed E-state index contributed by atoms with van der Waals surface area (Å²) in [7, 11) is 0. The molecular weight excluding hydrogens is 170 g/mol. The Morgan fingerprint density at radius 1 is 1.58 bits per heavy atom. The average Bonchev–Trinajstić information content (AvgIpc) is 2.03. The van der Waals surface area contributed by atoms with Crippen molar-refractivity contribution >= 4 is 11.6 Å². The summed E-state index contributed by atoms with van der Waals surface area (Å²) in [6, 6.07) is 3.81. The van der Waals surface area contributed by atoms with Gasteiger partial charge in [-0.05, 0) is 31.4 Å². The third-order valence-electron chi connectivity index (χ3n) is 1.63. The van der Waals surface area contributed by atoms with Gasteiger partial charge in [-0.2, -0.15) is 0 Å². The maximum atomic E-state index is 5.65. The number of aromatic nitrogens is 1. The van der Waals surface area contributed by atoms with Gasteiger partial charge >= 0.3 is 0 Å². The first-order valence-corrected chi connectivity index (χ1v) is 4.31. The molecule has 1 aromatic rings. The van der Waals surface area contributed by atoms with Crippen LogP contribution in [0.4, 0.5) is 0 Å². The summed E-state index contributed by atoms with van der Waals surface area (Å²) in [6.45, 7) is 5.87. The Morgan fingerprint density at radius 3 is 2.83 bits per heavy atom. The van der Waals surface area contributed by atoms with Crippen LogP contribution in [-0.4, -0.2) is 4.98 Å². The number of pyridine rings is 1. The van der Waals surface area contributed by atoms with Crippen molar-refractivity contribution in [3.05, 3.63) is 41.2 Å². The fraction of sp³-hybridized carbons (Fsp3) is 0.300. The van der Waals surface area contributed by atoms with E-state index >= 15 is 0 Å². The lowest BCUT2D eigenvalue weighted by Gasteiger charge is -1.99. The van der Waals surface area contributed by atoms with Gasteiger partial charge in [0, 0.05) is 6.20 Å². The Morgan fingerprint density at radius 2 is 2.33 bits per heavy atom. The van der Waals surface area contributed by atoms with Gasteiger partial charge in [0.15, 0.2) is 0 Å². The summed E-state index contributed by atoms with van der Waals surface area (Å²) in [4.78, 5) is 3.99. The van der Waals surface area contributed by atoms with E-state index < -0.39 is 0 Å². The standard InChI is InChI=1S/C10H12ClN/c1-8(2)3-4-9-5-6-10(11)12-7-9/h5-7H,1,3-4H2,2H3. The molecule has 0 aromatic carbocycles. The van der Waals surface area contributed by atoms with Gasteiger partial charge in [0.05, 0.1) is 0 Å². The summed E-state index contributed by atoms with van der Waals surface area (Å²) in [5.41, 5.74) is 2.41. The lowest BCUT2D eigenvalue weighted by atomic mass is 10.1. The van der Waals surface area contributed by atoms with Crippen molar-refractivity contribution in [3.8, 4) is 0 Å². The van der Waals surface area contributed by atoms with E-state index in [9.17, 15) is 0 Å². The second-order valence-corrected chi connectivity index (χ2v) is 3.33. The number of aryl methyl sites for hydroxylation is 1. The van der Waals surface area contributed by atoms with Crippen molar-refractivity contribution in [2.24, 2.45) is 0 Å². The molecule has 0 aliphatic heterocycles. The normalized spacial score (nSPS) is 9.83. The summed E-state index contributed by atoms with van der Waals surface area (Å²) >= 11 is 5.65. The highest BCUT2D eigenvalue weighted by Crippen LogP contribution is 2.09. The molecule has 0 saturated heterocycles. The Balaban J connectivity index is 2.53. The predicted octanol–water partition coefficient (Wildman–Crippen LogP) is 3.24. The van der Waals surface area contributed by atoms with Crippen LogP contribution in [0.2, 0.25) is 5.15 Å². The van der Waals surface area contributed by atoms with E-state index in [1.807, 2.05) is 25.3 Å². The molecule has 0 amide bonds. The van der Waals surface area contributed by atoms with Crippen LogP contribution in [0.15, 0.2) is 30.5 Å². The molecule has 0 spiro atoms. The van der Waals surface area contributed by atoms with Crippen LogP contribution in [0.25, 0.3) is 0 Å². The Bertz CT molecular complexity index is 264. The zero-order valence-corrected chi connectivity index (χ0v) is 7.93. The van der Waals surface area contributed by atoms with Crippen molar-refractivity contribution in [1.29, 1.82) is 0 Å². The Labute approximate surface area is 78.1 Å². The highest BCUT2D eigenvalue weighted by Gasteiger charge is 1.93. The summed E-state index contributed by atoms with van der Waals surface area (Å²) in [5.74, 6) is 0. The maximum absolute atomic E-state index is 5.65. The van der Waals surface area contributed by atoms with Crippen LogP contribution in [-0.2, 0) is 6.42 Å². The molecule has 0 unspecified atom stereocenters. The van der Waals surface area contributed by atoms with Gasteiger partial charge in [0.2, 0.25) is 0 Å². The van der Waals surface area contributed by atoms with E-state index in [0.29, 0.717) is 5.15 Å². The molecule has 0 N–H and O–H groups in total. The van der Waals surface area contributed by atoms with Crippen molar-refractivity contribution in [3.63, 3.8) is 0 Å². The van der Waals surface area contributed by atoms with Crippen LogP contribution >= 0.6 is 11.6 Å². The molecule has 0 bridgehead atoms. The molecule has 64 valence electrons. The molecule has 1 nitrogen and oxygen atoms in total. The smallest absolute Gasteiger partial charge is 0.129 e. The summed E-state index contributed by atoms with van der Waals surface area (Å²) in [6.07, 6.45) is 3.83. The largest absolute Gasteiger partial charge is 0.244 e. The van der Waals surface area contributed by atoms with E-state index in [1.165, 1.54) is 11.1 Å².